The highest BCUT2D eigenvalue weighted by Crippen LogP contribution is 2.29. The van der Waals surface area contributed by atoms with Gasteiger partial charge in [0.2, 0.25) is 0 Å². The third-order valence-electron chi connectivity index (χ3n) is 3.87. The number of fused-ring (bicyclic) bond motifs is 1. The zero-order valence-corrected chi connectivity index (χ0v) is 14.7. The predicted molar refractivity (Wildman–Crippen MR) is 96.1 cm³/mol. The number of para-hydroxylation sites is 1. The van der Waals surface area contributed by atoms with E-state index in [2.05, 4.69) is 70.8 Å². The SMILES string of the molecule is CCCc1nc2ccc(Br)cn2c1Nc1c(C)cccc1C. The molecule has 0 radical (unpaired) electrons. The molecule has 3 nitrogen and oxygen atoms in total. The largest absolute Gasteiger partial charge is 0.339 e. The van der Waals surface area contributed by atoms with Crippen LogP contribution in [0, 0.1) is 13.8 Å². The second-order valence-electron chi connectivity index (χ2n) is 5.62. The summed E-state index contributed by atoms with van der Waals surface area (Å²) in [6.45, 7) is 6.45. The zero-order chi connectivity index (χ0) is 15.7. The van der Waals surface area contributed by atoms with Crippen LogP contribution in [0.1, 0.15) is 30.2 Å². The van der Waals surface area contributed by atoms with E-state index in [0.717, 1.165) is 34.5 Å². The number of nitrogens with one attached hydrogen (secondary N) is 1. The summed E-state index contributed by atoms with van der Waals surface area (Å²) in [5, 5.41) is 3.62. The van der Waals surface area contributed by atoms with Gasteiger partial charge in [-0.25, -0.2) is 4.98 Å². The molecule has 22 heavy (non-hydrogen) atoms. The number of aromatic nitrogens is 2. The minimum Gasteiger partial charge on any atom is -0.339 e. The number of pyridine rings is 1. The molecule has 4 heteroatoms. The van der Waals surface area contributed by atoms with E-state index in [1.807, 2.05) is 12.1 Å². The maximum Gasteiger partial charge on any atom is 0.138 e. The molecule has 0 bridgehead atoms. The molecule has 0 unspecified atom stereocenters. The highest BCUT2D eigenvalue weighted by atomic mass is 79.9. The third kappa shape index (κ3) is 2.75. The van der Waals surface area contributed by atoms with Crippen LogP contribution in [-0.4, -0.2) is 9.38 Å². The molecule has 3 rings (SSSR count). The Morgan fingerprint density at radius 1 is 1.14 bits per heavy atom. The van der Waals surface area contributed by atoms with E-state index in [1.54, 1.807) is 0 Å². The van der Waals surface area contributed by atoms with Crippen molar-refractivity contribution < 1.29 is 0 Å². The molecule has 1 aromatic carbocycles. The minimum absolute atomic E-state index is 0.965. The second-order valence-corrected chi connectivity index (χ2v) is 6.54. The Bertz CT molecular complexity index is 800. The van der Waals surface area contributed by atoms with Crippen molar-refractivity contribution >= 4 is 33.1 Å². The second kappa shape index (κ2) is 6.13. The number of halogens is 1. The fraction of sp³-hybridized carbons (Fsp3) is 0.278. The number of hydrogen-bond donors (Lipinski definition) is 1. The first kappa shape index (κ1) is 15.1. The van der Waals surface area contributed by atoms with Gasteiger partial charge in [-0.1, -0.05) is 31.5 Å². The van der Waals surface area contributed by atoms with Gasteiger partial charge in [-0.2, -0.15) is 0 Å². The molecule has 0 aliphatic rings. The highest BCUT2D eigenvalue weighted by molar-refractivity contribution is 9.10. The molecule has 114 valence electrons. The lowest BCUT2D eigenvalue weighted by Crippen LogP contribution is -2.02. The maximum atomic E-state index is 4.78. The van der Waals surface area contributed by atoms with Crippen molar-refractivity contribution in [3.8, 4) is 0 Å². The fourth-order valence-electron chi connectivity index (χ4n) is 2.74. The van der Waals surface area contributed by atoms with E-state index in [-0.39, 0.29) is 0 Å². The molecule has 3 aromatic rings. The van der Waals surface area contributed by atoms with Gasteiger partial charge in [0, 0.05) is 16.4 Å². The number of anilines is 2. The molecule has 0 saturated heterocycles. The molecule has 2 heterocycles. The Hall–Kier alpha value is -1.81. The summed E-state index contributed by atoms with van der Waals surface area (Å²) in [4.78, 5) is 4.78. The van der Waals surface area contributed by atoms with Crippen LogP contribution < -0.4 is 5.32 Å². The molecular weight excluding hydrogens is 338 g/mol. The van der Waals surface area contributed by atoms with Crippen molar-refractivity contribution in [2.45, 2.75) is 33.6 Å². The average Bonchev–Trinajstić information content (AvgIpc) is 2.80. The Morgan fingerprint density at radius 2 is 1.86 bits per heavy atom. The van der Waals surface area contributed by atoms with E-state index in [0.29, 0.717) is 0 Å². The molecule has 0 saturated carbocycles. The average molecular weight is 358 g/mol. The smallest absolute Gasteiger partial charge is 0.138 e. The quantitative estimate of drug-likeness (QED) is 0.676. The third-order valence-corrected chi connectivity index (χ3v) is 4.34. The van der Waals surface area contributed by atoms with Crippen LogP contribution in [0.25, 0.3) is 5.65 Å². The van der Waals surface area contributed by atoms with Crippen molar-refractivity contribution in [2.24, 2.45) is 0 Å². The number of rotatable bonds is 4. The van der Waals surface area contributed by atoms with Crippen LogP contribution in [0.5, 0.6) is 0 Å². The highest BCUT2D eigenvalue weighted by Gasteiger charge is 2.13. The molecule has 0 aliphatic carbocycles. The number of nitrogens with zero attached hydrogens (tertiary/aromatic N) is 2. The van der Waals surface area contributed by atoms with Gasteiger partial charge in [-0.15, -0.1) is 0 Å². The lowest BCUT2D eigenvalue weighted by Gasteiger charge is -2.14. The van der Waals surface area contributed by atoms with Crippen LogP contribution in [0.3, 0.4) is 0 Å². The molecule has 0 amide bonds. The molecule has 2 aromatic heterocycles. The first-order valence-electron chi connectivity index (χ1n) is 7.60. The first-order valence-corrected chi connectivity index (χ1v) is 8.39. The van der Waals surface area contributed by atoms with Gasteiger partial charge in [0.05, 0.1) is 5.69 Å². The summed E-state index contributed by atoms with van der Waals surface area (Å²) in [7, 11) is 0. The van der Waals surface area contributed by atoms with Gasteiger partial charge in [0.25, 0.3) is 0 Å². The minimum atomic E-state index is 0.965. The lowest BCUT2D eigenvalue weighted by molar-refractivity contribution is 0.896. The summed E-state index contributed by atoms with van der Waals surface area (Å²) in [5.74, 6) is 1.07. The molecule has 1 N–H and O–H groups in total. The molecule has 0 fully saturated rings. The summed E-state index contributed by atoms with van der Waals surface area (Å²) < 4.78 is 3.17. The standard InChI is InChI=1S/C18H20BrN3/c1-4-6-15-18(21-17-12(2)7-5-8-13(17)3)22-11-14(19)9-10-16(22)20-15/h5,7-11,21H,4,6H2,1-3H3. The monoisotopic (exact) mass is 357 g/mol. The Kier molecular flexibility index (Phi) is 4.21. The van der Waals surface area contributed by atoms with Crippen molar-refractivity contribution in [1.29, 1.82) is 0 Å². The normalized spacial score (nSPS) is 11.1. The molecule has 0 atom stereocenters. The molecular formula is C18H20BrN3. The Labute approximate surface area is 139 Å². The molecule has 0 aliphatic heterocycles. The van der Waals surface area contributed by atoms with Gasteiger partial charge in [0.15, 0.2) is 0 Å². The van der Waals surface area contributed by atoms with Gasteiger partial charge in [-0.05, 0) is 59.5 Å². The van der Waals surface area contributed by atoms with E-state index in [9.17, 15) is 0 Å². The van der Waals surface area contributed by atoms with E-state index in [4.69, 9.17) is 4.98 Å². The first-order chi connectivity index (χ1) is 10.6. The van der Waals surface area contributed by atoms with Crippen LogP contribution in [0.4, 0.5) is 11.5 Å². The lowest BCUT2D eigenvalue weighted by atomic mass is 10.1. The number of benzene rings is 1. The van der Waals surface area contributed by atoms with Gasteiger partial charge >= 0.3 is 0 Å². The van der Waals surface area contributed by atoms with Gasteiger partial charge < -0.3 is 5.32 Å². The van der Waals surface area contributed by atoms with Crippen LogP contribution in [0.15, 0.2) is 41.0 Å². The summed E-state index contributed by atoms with van der Waals surface area (Å²) in [6, 6.07) is 10.4. The van der Waals surface area contributed by atoms with E-state index in [1.165, 1.54) is 16.8 Å². The van der Waals surface area contributed by atoms with E-state index >= 15 is 0 Å². The zero-order valence-electron chi connectivity index (χ0n) is 13.2. The van der Waals surface area contributed by atoms with Crippen molar-refractivity contribution in [1.82, 2.24) is 9.38 Å². The summed E-state index contributed by atoms with van der Waals surface area (Å²) in [6.07, 6.45) is 4.11. The maximum absolute atomic E-state index is 4.78. The summed E-state index contributed by atoms with van der Waals surface area (Å²) in [5.41, 5.74) is 5.74. The molecule has 0 spiro atoms. The summed E-state index contributed by atoms with van der Waals surface area (Å²) >= 11 is 3.55. The van der Waals surface area contributed by atoms with Crippen LogP contribution in [-0.2, 0) is 6.42 Å². The van der Waals surface area contributed by atoms with E-state index < -0.39 is 0 Å². The Balaban J connectivity index is 2.15. The van der Waals surface area contributed by atoms with Crippen molar-refractivity contribution in [3.05, 3.63) is 57.8 Å². The van der Waals surface area contributed by atoms with Crippen molar-refractivity contribution in [3.63, 3.8) is 0 Å². The fourth-order valence-corrected chi connectivity index (χ4v) is 3.08. The Morgan fingerprint density at radius 3 is 2.55 bits per heavy atom. The number of imidazole rings is 1. The number of hydrogen-bond acceptors (Lipinski definition) is 2. The van der Waals surface area contributed by atoms with Crippen LogP contribution >= 0.6 is 15.9 Å². The van der Waals surface area contributed by atoms with Gasteiger partial charge in [-0.3, -0.25) is 4.40 Å². The van der Waals surface area contributed by atoms with Crippen molar-refractivity contribution in [2.75, 3.05) is 5.32 Å². The predicted octanol–water partition coefficient (Wildman–Crippen LogP) is 5.41. The van der Waals surface area contributed by atoms with Crippen LogP contribution in [0.2, 0.25) is 0 Å². The topological polar surface area (TPSA) is 29.3 Å². The van der Waals surface area contributed by atoms with Gasteiger partial charge in [0.1, 0.15) is 11.5 Å². The number of aryl methyl sites for hydroxylation is 3.